The Kier molecular flexibility index (Phi) is 7.14. The monoisotopic (exact) mass is 269 g/mol. The van der Waals surface area contributed by atoms with Crippen molar-refractivity contribution in [1.82, 2.24) is 5.32 Å². The molecule has 2 unspecified atom stereocenters. The SMILES string of the molecule is CCNC(COc1cccc(Cl)c1)CC(C)CC. The van der Waals surface area contributed by atoms with E-state index in [4.69, 9.17) is 16.3 Å². The van der Waals surface area contributed by atoms with Gasteiger partial charge in [-0.1, -0.05) is 44.9 Å². The predicted molar refractivity (Wildman–Crippen MR) is 78.5 cm³/mol. The van der Waals surface area contributed by atoms with Gasteiger partial charge in [0.15, 0.2) is 0 Å². The van der Waals surface area contributed by atoms with Crippen LogP contribution in [0.2, 0.25) is 5.02 Å². The molecule has 0 amide bonds. The third kappa shape index (κ3) is 5.74. The number of nitrogens with one attached hydrogen (secondary N) is 1. The quantitative estimate of drug-likeness (QED) is 0.766. The van der Waals surface area contributed by atoms with Crippen LogP contribution in [0.25, 0.3) is 0 Å². The molecule has 1 aromatic rings. The molecule has 18 heavy (non-hydrogen) atoms. The summed E-state index contributed by atoms with van der Waals surface area (Å²) in [6.07, 6.45) is 2.35. The number of benzene rings is 1. The third-order valence-electron chi connectivity index (χ3n) is 3.12. The van der Waals surface area contributed by atoms with Gasteiger partial charge in [-0.15, -0.1) is 0 Å². The van der Waals surface area contributed by atoms with Crippen molar-refractivity contribution in [2.75, 3.05) is 13.2 Å². The largest absolute Gasteiger partial charge is 0.492 e. The molecule has 1 rings (SSSR count). The lowest BCUT2D eigenvalue weighted by atomic mass is 10.00. The maximum atomic E-state index is 5.93. The van der Waals surface area contributed by atoms with Gasteiger partial charge >= 0.3 is 0 Å². The fourth-order valence-corrected chi connectivity index (χ4v) is 2.09. The van der Waals surface area contributed by atoms with E-state index in [9.17, 15) is 0 Å². The van der Waals surface area contributed by atoms with E-state index in [2.05, 4.69) is 26.1 Å². The highest BCUT2D eigenvalue weighted by atomic mass is 35.5. The van der Waals surface area contributed by atoms with Gasteiger partial charge in [-0.2, -0.15) is 0 Å². The molecule has 2 nitrogen and oxygen atoms in total. The Bertz CT molecular complexity index is 343. The van der Waals surface area contributed by atoms with Gasteiger partial charge in [-0.3, -0.25) is 0 Å². The molecule has 102 valence electrons. The van der Waals surface area contributed by atoms with Gasteiger partial charge in [0.25, 0.3) is 0 Å². The Morgan fingerprint density at radius 3 is 2.72 bits per heavy atom. The Hall–Kier alpha value is -0.730. The van der Waals surface area contributed by atoms with Gasteiger partial charge < -0.3 is 10.1 Å². The minimum Gasteiger partial charge on any atom is -0.492 e. The predicted octanol–water partition coefficient (Wildman–Crippen LogP) is 4.13. The summed E-state index contributed by atoms with van der Waals surface area (Å²) in [5, 5.41) is 4.19. The number of hydrogen-bond acceptors (Lipinski definition) is 2. The summed E-state index contributed by atoms with van der Waals surface area (Å²) in [7, 11) is 0. The van der Waals surface area contributed by atoms with Crippen molar-refractivity contribution in [2.45, 2.75) is 39.7 Å². The van der Waals surface area contributed by atoms with Crippen LogP contribution in [0.3, 0.4) is 0 Å². The lowest BCUT2D eigenvalue weighted by Crippen LogP contribution is -2.35. The summed E-state index contributed by atoms with van der Waals surface area (Å²) in [5.74, 6) is 1.56. The second-order valence-electron chi connectivity index (χ2n) is 4.77. The number of ether oxygens (including phenoxy) is 1. The summed E-state index contributed by atoms with van der Waals surface area (Å²) in [5.41, 5.74) is 0. The van der Waals surface area contributed by atoms with Crippen molar-refractivity contribution >= 4 is 11.6 Å². The van der Waals surface area contributed by atoms with Gasteiger partial charge in [0.1, 0.15) is 12.4 Å². The van der Waals surface area contributed by atoms with Crippen molar-refractivity contribution in [3.05, 3.63) is 29.3 Å². The van der Waals surface area contributed by atoms with Crippen LogP contribution in [0.1, 0.15) is 33.6 Å². The van der Waals surface area contributed by atoms with Gasteiger partial charge in [0.2, 0.25) is 0 Å². The minimum atomic E-state index is 0.406. The highest BCUT2D eigenvalue weighted by Crippen LogP contribution is 2.18. The molecule has 0 saturated carbocycles. The Labute approximate surface area is 116 Å². The van der Waals surface area contributed by atoms with Gasteiger partial charge in [-0.25, -0.2) is 0 Å². The zero-order chi connectivity index (χ0) is 13.4. The van der Waals surface area contributed by atoms with E-state index in [0.29, 0.717) is 12.6 Å². The van der Waals surface area contributed by atoms with Gasteiger partial charge in [0.05, 0.1) is 0 Å². The summed E-state index contributed by atoms with van der Waals surface area (Å²) in [6, 6.07) is 7.97. The van der Waals surface area contributed by atoms with Crippen molar-refractivity contribution in [2.24, 2.45) is 5.92 Å². The molecule has 0 saturated heterocycles. The maximum Gasteiger partial charge on any atom is 0.120 e. The van der Waals surface area contributed by atoms with Crippen LogP contribution in [0, 0.1) is 5.92 Å². The van der Waals surface area contributed by atoms with Crippen molar-refractivity contribution in [3.63, 3.8) is 0 Å². The number of halogens is 1. The first-order valence-electron chi connectivity index (χ1n) is 6.77. The van der Waals surface area contributed by atoms with Crippen molar-refractivity contribution in [1.29, 1.82) is 0 Å². The molecule has 1 N–H and O–H groups in total. The first-order chi connectivity index (χ1) is 8.65. The maximum absolute atomic E-state index is 5.93. The van der Waals surface area contributed by atoms with Gasteiger partial charge in [-0.05, 0) is 37.1 Å². The minimum absolute atomic E-state index is 0.406. The summed E-state index contributed by atoms with van der Waals surface area (Å²) in [4.78, 5) is 0. The second kappa shape index (κ2) is 8.39. The summed E-state index contributed by atoms with van der Waals surface area (Å²) in [6.45, 7) is 8.30. The summed E-state index contributed by atoms with van der Waals surface area (Å²) >= 11 is 5.93. The van der Waals surface area contributed by atoms with Crippen molar-refractivity contribution in [3.8, 4) is 5.75 Å². The molecular formula is C15H24ClNO. The zero-order valence-corrected chi connectivity index (χ0v) is 12.3. The van der Waals surface area contributed by atoms with E-state index in [1.807, 2.05) is 24.3 Å². The van der Waals surface area contributed by atoms with E-state index in [1.165, 1.54) is 6.42 Å². The van der Waals surface area contributed by atoms with E-state index in [-0.39, 0.29) is 0 Å². The highest BCUT2D eigenvalue weighted by molar-refractivity contribution is 6.30. The Morgan fingerprint density at radius 2 is 2.11 bits per heavy atom. The third-order valence-corrected chi connectivity index (χ3v) is 3.36. The van der Waals surface area contributed by atoms with E-state index >= 15 is 0 Å². The van der Waals surface area contributed by atoms with Crippen LogP contribution in [0.15, 0.2) is 24.3 Å². The molecule has 0 aliphatic carbocycles. The average Bonchev–Trinajstić information content (AvgIpc) is 2.36. The molecule has 0 radical (unpaired) electrons. The van der Waals surface area contributed by atoms with Crippen LogP contribution >= 0.6 is 11.6 Å². The fourth-order valence-electron chi connectivity index (χ4n) is 1.90. The molecule has 2 atom stereocenters. The lowest BCUT2D eigenvalue weighted by molar-refractivity contribution is 0.242. The molecule has 0 bridgehead atoms. The van der Waals surface area contributed by atoms with Crippen LogP contribution in [-0.4, -0.2) is 19.2 Å². The number of hydrogen-bond donors (Lipinski definition) is 1. The average molecular weight is 270 g/mol. The first-order valence-corrected chi connectivity index (χ1v) is 7.15. The molecule has 0 heterocycles. The van der Waals surface area contributed by atoms with E-state index < -0.39 is 0 Å². The van der Waals surface area contributed by atoms with Gasteiger partial charge in [0, 0.05) is 11.1 Å². The zero-order valence-electron chi connectivity index (χ0n) is 11.6. The topological polar surface area (TPSA) is 21.3 Å². The van der Waals surface area contributed by atoms with E-state index in [0.717, 1.165) is 29.7 Å². The van der Waals surface area contributed by atoms with Crippen LogP contribution < -0.4 is 10.1 Å². The van der Waals surface area contributed by atoms with Crippen LogP contribution in [-0.2, 0) is 0 Å². The smallest absolute Gasteiger partial charge is 0.120 e. The summed E-state index contributed by atoms with van der Waals surface area (Å²) < 4.78 is 5.80. The standard InChI is InChI=1S/C15H24ClNO/c1-4-12(3)9-14(17-5-2)11-18-15-8-6-7-13(16)10-15/h6-8,10,12,14,17H,4-5,9,11H2,1-3H3. The first kappa shape index (κ1) is 15.3. The molecule has 0 spiro atoms. The Morgan fingerprint density at radius 1 is 1.33 bits per heavy atom. The van der Waals surface area contributed by atoms with E-state index in [1.54, 1.807) is 0 Å². The number of rotatable bonds is 8. The molecule has 0 fully saturated rings. The van der Waals surface area contributed by atoms with Crippen LogP contribution in [0.5, 0.6) is 5.75 Å². The highest BCUT2D eigenvalue weighted by Gasteiger charge is 2.12. The van der Waals surface area contributed by atoms with Crippen molar-refractivity contribution < 1.29 is 4.74 Å². The molecular weight excluding hydrogens is 246 g/mol. The lowest BCUT2D eigenvalue weighted by Gasteiger charge is -2.21. The molecule has 0 aromatic heterocycles. The Balaban J connectivity index is 2.46. The molecule has 0 aliphatic heterocycles. The molecule has 1 aromatic carbocycles. The molecule has 3 heteroatoms. The second-order valence-corrected chi connectivity index (χ2v) is 5.21. The fraction of sp³-hybridized carbons (Fsp3) is 0.600. The number of likely N-dealkylation sites (N-methyl/N-ethyl adjacent to an activating group) is 1. The molecule has 0 aliphatic rings. The normalized spacial score (nSPS) is 14.2. The van der Waals surface area contributed by atoms with Crippen LogP contribution in [0.4, 0.5) is 0 Å².